The molecule has 0 saturated heterocycles. The van der Waals surface area contributed by atoms with E-state index in [4.69, 9.17) is 15.2 Å². The highest BCUT2D eigenvalue weighted by molar-refractivity contribution is 5.43. The molecule has 2 atom stereocenters. The van der Waals surface area contributed by atoms with Gasteiger partial charge >= 0.3 is 0 Å². The van der Waals surface area contributed by atoms with Crippen molar-refractivity contribution in [3.8, 4) is 5.75 Å². The van der Waals surface area contributed by atoms with Crippen LogP contribution in [0.25, 0.3) is 0 Å². The quantitative estimate of drug-likeness (QED) is 0.634. The van der Waals surface area contributed by atoms with Crippen molar-refractivity contribution in [1.29, 1.82) is 0 Å². The van der Waals surface area contributed by atoms with Crippen LogP contribution < -0.4 is 10.5 Å². The van der Waals surface area contributed by atoms with E-state index < -0.39 is 0 Å². The Labute approximate surface area is 122 Å². The summed E-state index contributed by atoms with van der Waals surface area (Å²) >= 11 is 0. The minimum Gasteiger partial charge on any atom is -0.493 e. The summed E-state index contributed by atoms with van der Waals surface area (Å²) in [5.74, 6) is 2.43. The largest absolute Gasteiger partial charge is 0.493 e. The van der Waals surface area contributed by atoms with Crippen molar-refractivity contribution in [2.75, 3.05) is 18.9 Å². The first-order valence-corrected chi connectivity index (χ1v) is 7.73. The van der Waals surface area contributed by atoms with Crippen LogP contribution in [0.4, 0.5) is 5.69 Å². The molecule has 1 aromatic carbocycles. The monoisotopic (exact) mass is 277 g/mol. The molecule has 0 radical (unpaired) electrons. The number of hydrogen-bond acceptors (Lipinski definition) is 3. The summed E-state index contributed by atoms with van der Waals surface area (Å²) in [6, 6.07) is 7.56. The van der Waals surface area contributed by atoms with Gasteiger partial charge in [0.15, 0.2) is 0 Å². The molecule has 0 heterocycles. The standard InChI is InChI=1S/C17H27NO2/c1-13-9-14(2)11-17(10-13)20-8-4-7-19-16-6-3-5-15(18)12-16/h3,5-6,12-14,17H,4,7-11,18H2,1-2H3. The smallest absolute Gasteiger partial charge is 0.121 e. The van der Waals surface area contributed by atoms with Crippen LogP contribution in [0.5, 0.6) is 5.75 Å². The van der Waals surface area contributed by atoms with Crippen LogP contribution in [0.1, 0.15) is 39.5 Å². The van der Waals surface area contributed by atoms with Crippen molar-refractivity contribution in [3.63, 3.8) is 0 Å². The first kappa shape index (κ1) is 15.2. The molecule has 2 rings (SSSR count). The van der Waals surface area contributed by atoms with E-state index in [1.807, 2.05) is 24.3 Å². The summed E-state index contributed by atoms with van der Waals surface area (Å²) in [7, 11) is 0. The van der Waals surface area contributed by atoms with Gasteiger partial charge in [0.1, 0.15) is 5.75 Å². The lowest BCUT2D eigenvalue weighted by molar-refractivity contribution is -0.00320. The Morgan fingerprint density at radius 2 is 1.85 bits per heavy atom. The predicted molar refractivity (Wildman–Crippen MR) is 82.9 cm³/mol. The fourth-order valence-corrected chi connectivity index (χ4v) is 3.11. The number of rotatable bonds is 6. The van der Waals surface area contributed by atoms with Crippen molar-refractivity contribution in [2.45, 2.75) is 45.6 Å². The molecule has 1 aromatic rings. The zero-order valence-electron chi connectivity index (χ0n) is 12.7. The molecular formula is C17H27NO2. The first-order valence-electron chi connectivity index (χ1n) is 7.73. The van der Waals surface area contributed by atoms with E-state index in [0.717, 1.165) is 36.3 Å². The number of hydrogen-bond donors (Lipinski definition) is 1. The molecule has 112 valence electrons. The zero-order valence-corrected chi connectivity index (χ0v) is 12.7. The highest BCUT2D eigenvalue weighted by Crippen LogP contribution is 2.30. The van der Waals surface area contributed by atoms with Crippen LogP contribution in [0.2, 0.25) is 0 Å². The topological polar surface area (TPSA) is 44.5 Å². The second-order valence-electron chi connectivity index (χ2n) is 6.18. The van der Waals surface area contributed by atoms with Crippen molar-refractivity contribution >= 4 is 5.69 Å². The van der Waals surface area contributed by atoms with Gasteiger partial charge in [0.2, 0.25) is 0 Å². The Kier molecular flexibility index (Phi) is 5.72. The van der Waals surface area contributed by atoms with E-state index in [1.54, 1.807) is 0 Å². The minimum atomic E-state index is 0.445. The summed E-state index contributed by atoms with van der Waals surface area (Å²) in [5.41, 5.74) is 6.45. The van der Waals surface area contributed by atoms with Crippen molar-refractivity contribution in [2.24, 2.45) is 11.8 Å². The van der Waals surface area contributed by atoms with E-state index in [1.165, 1.54) is 19.3 Å². The van der Waals surface area contributed by atoms with Crippen molar-refractivity contribution in [3.05, 3.63) is 24.3 Å². The molecule has 3 heteroatoms. The van der Waals surface area contributed by atoms with Crippen LogP contribution in [0, 0.1) is 11.8 Å². The molecule has 0 bridgehead atoms. The van der Waals surface area contributed by atoms with E-state index in [-0.39, 0.29) is 0 Å². The highest BCUT2D eigenvalue weighted by Gasteiger charge is 2.24. The molecule has 0 amide bonds. The van der Waals surface area contributed by atoms with Gasteiger partial charge in [-0.15, -0.1) is 0 Å². The van der Waals surface area contributed by atoms with Gasteiger partial charge in [-0.1, -0.05) is 19.9 Å². The fraction of sp³-hybridized carbons (Fsp3) is 0.647. The Balaban J connectivity index is 1.59. The summed E-state index contributed by atoms with van der Waals surface area (Å²) in [6.07, 6.45) is 5.13. The summed E-state index contributed by atoms with van der Waals surface area (Å²) < 4.78 is 11.6. The molecular weight excluding hydrogens is 250 g/mol. The SMILES string of the molecule is CC1CC(C)CC(OCCCOc2cccc(N)c2)C1. The summed E-state index contributed by atoms with van der Waals surface area (Å²) in [4.78, 5) is 0. The van der Waals surface area contributed by atoms with Gasteiger partial charge in [-0.05, 0) is 43.2 Å². The first-order chi connectivity index (χ1) is 9.63. The van der Waals surface area contributed by atoms with Gasteiger partial charge in [0, 0.05) is 18.2 Å². The maximum Gasteiger partial charge on any atom is 0.121 e. The second kappa shape index (κ2) is 7.53. The predicted octanol–water partition coefficient (Wildman–Crippen LogP) is 3.88. The lowest BCUT2D eigenvalue weighted by Crippen LogP contribution is -2.26. The average Bonchev–Trinajstić information content (AvgIpc) is 2.37. The van der Waals surface area contributed by atoms with E-state index >= 15 is 0 Å². The molecule has 0 aromatic heterocycles. The van der Waals surface area contributed by atoms with Crippen LogP contribution in [0.3, 0.4) is 0 Å². The molecule has 2 unspecified atom stereocenters. The summed E-state index contributed by atoms with van der Waals surface area (Å²) in [5, 5.41) is 0. The van der Waals surface area contributed by atoms with Crippen molar-refractivity contribution in [1.82, 2.24) is 0 Å². The van der Waals surface area contributed by atoms with E-state index in [0.29, 0.717) is 12.7 Å². The second-order valence-corrected chi connectivity index (χ2v) is 6.18. The molecule has 1 fully saturated rings. The molecule has 0 aliphatic heterocycles. The van der Waals surface area contributed by atoms with Gasteiger partial charge in [-0.2, -0.15) is 0 Å². The summed E-state index contributed by atoms with van der Waals surface area (Å²) in [6.45, 7) is 6.12. The molecule has 1 aliphatic carbocycles. The number of nitrogens with two attached hydrogens (primary N) is 1. The van der Waals surface area contributed by atoms with Crippen LogP contribution in [-0.4, -0.2) is 19.3 Å². The minimum absolute atomic E-state index is 0.445. The van der Waals surface area contributed by atoms with Crippen molar-refractivity contribution < 1.29 is 9.47 Å². The number of benzene rings is 1. The number of anilines is 1. The normalized spacial score (nSPS) is 26.4. The fourth-order valence-electron chi connectivity index (χ4n) is 3.11. The third-order valence-electron chi connectivity index (χ3n) is 3.90. The maximum atomic E-state index is 5.98. The van der Waals surface area contributed by atoms with Gasteiger partial charge in [-0.25, -0.2) is 0 Å². The molecule has 20 heavy (non-hydrogen) atoms. The average molecular weight is 277 g/mol. The molecule has 1 aliphatic rings. The molecule has 0 spiro atoms. The number of ether oxygens (including phenoxy) is 2. The highest BCUT2D eigenvalue weighted by atomic mass is 16.5. The zero-order chi connectivity index (χ0) is 14.4. The van der Waals surface area contributed by atoms with Gasteiger partial charge < -0.3 is 15.2 Å². The van der Waals surface area contributed by atoms with Gasteiger partial charge in [-0.3, -0.25) is 0 Å². The van der Waals surface area contributed by atoms with Crippen LogP contribution >= 0.6 is 0 Å². The molecule has 3 nitrogen and oxygen atoms in total. The Morgan fingerprint density at radius 3 is 2.55 bits per heavy atom. The lowest BCUT2D eigenvalue weighted by atomic mass is 9.82. The lowest BCUT2D eigenvalue weighted by Gasteiger charge is -2.31. The third kappa shape index (κ3) is 5.04. The van der Waals surface area contributed by atoms with Gasteiger partial charge in [0.25, 0.3) is 0 Å². The van der Waals surface area contributed by atoms with Gasteiger partial charge in [0.05, 0.1) is 19.3 Å². The third-order valence-corrected chi connectivity index (χ3v) is 3.90. The maximum absolute atomic E-state index is 5.98. The van der Waals surface area contributed by atoms with Crippen LogP contribution in [-0.2, 0) is 4.74 Å². The molecule has 2 N–H and O–H groups in total. The van der Waals surface area contributed by atoms with Crippen LogP contribution in [0.15, 0.2) is 24.3 Å². The Morgan fingerprint density at radius 1 is 1.10 bits per heavy atom. The Bertz CT molecular complexity index is 398. The van der Waals surface area contributed by atoms with E-state index in [2.05, 4.69) is 13.8 Å². The molecule has 1 saturated carbocycles. The van der Waals surface area contributed by atoms with E-state index in [9.17, 15) is 0 Å². The number of nitrogen functional groups attached to an aromatic ring is 1. The Hall–Kier alpha value is -1.22.